The van der Waals surface area contributed by atoms with Crippen molar-refractivity contribution in [3.05, 3.63) is 0 Å². The van der Waals surface area contributed by atoms with Crippen LogP contribution in [0.5, 0.6) is 0 Å². The number of aliphatic hydroxyl groups excluding tert-OH is 1. The number of likely N-dealkylation sites (tertiary alicyclic amines) is 1. The lowest BCUT2D eigenvalue weighted by Gasteiger charge is -2.23. The molecule has 5 nitrogen and oxygen atoms in total. The Hall–Kier alpha value is -0.940. The fourth-order valence-electron chi connectivity index (χ4n) is 1.91. The van der Waals surface area contributed by atoms with Crippen molar-refractivity contribution in [2.45, 2.75) is 26.2 Å². The summed E-state index contributed by atoms with van der Waals surface area (Å²) < 4.78 is 0. The molecule has 0 saturated carbocycles. The van der Waals surface area contributed by atoms with Gasteiger partial charge in [-0.05, 0) is 13.0 Å². The van der Waals surface area contributed by atoms with Crippen LogP contribution >= 0.6 is 0 Å². The first-order valence-corrected chi connectivity index (χ1v) is 5.85. The van der Waals surface area contributed by atoms with Gasteiger partial charge in [0.1, 0.15) is 0 Å². The van der Waals surface area contributed by atoms with Gasteiger partial charge in [-0.15, -0.1) is 0 Å². The van der Waals surface area contributed by atoms with E-state index in [4.69, 9.17) is 5.11 Å². The van der Waals surface area contributed by atoms with Crippen molar-refractivity contribution >= 4 is 11.8 Å². The van der Waals surface area contributed by atoms with Gasteiger partial charge < -0.3 is 5.11 Å². The lowest BCUT2D eigenvalue weighted by atomic mass is 10.4. The molecule has 0 spiro atoms. The number of hydrogen-bond acceptors (Lipinski definition) is 4. The van der Waals surface area contributed by atoms with Gasteiger partial charge in [-0.1, -0.05) is 6.92 Å². The molecule has 0 unspecified atom stereocenters. The summed E-state index contributed by atoms with van der Waals surface area (Å²) in [6.45, 7) is 4.78. The van der Waals surface area contributed by atoms with Crippen molar-refractivity contribution in [1.82, 2.24) is 9.80 Å². The van der Waals surface area contributed by atoms with Crippen LogP contribution in [-0.4, -0.2) is 59.5 Å². The normalized spacial score (nSPS) is 16.6. The largest absolute Gasteiger partial charge is 0.395 e. The lowest BCUT2D eigenvalue weighted by molar-refractivity contribution is -0.138. The van der Waals surface area contributed by atoms with E-state index >= 15 is 0 Å². The molecule has 0 aromatic heterocycles. The number of nitrogens with zero attached hydrogens (tertiary/aromatic N) is 2. The summed E-state index contributed by atoms with van der Waals surface area (Å²) in [7, 11) is 0. The van der Waals surface area contributed by atoms with Crippen molar-refractivity contribution in [3.8, 4) is 0 Å². The maximum atomic E-state index is 11.4. The number of imide groups is 1. The van der Waals surface area contributed by atoms with Gasteiger partial charge in [-0.25, -0.2) is 0 Å². The maximum Gasteiger partial charge on any atom is 0.229 e. The Morgan fingerprint density at radius 3 is 2.31 bits per heavy atom. The molecule has 2 amide bonds. The summed E-state index contributed by atoms with van der Waals surface area (Å²) in [6, 6.07) is 0. The molecule has 16 heavy (non-hydrogen) atoms. The molecule has 0 aliphatic carbocycles. The molecule has 1 heterocycles. The van der Waals surface area contributed by atoms with E-state index in [2.05, 4.69) is 11.8 Å². The number of rotatable bonds is 7. The zero-order valence-electron chi connectivity index (χ0n) is 9.81. The maximum absolute atomic E-state index is 11.4. The number of carbonyl (C=O) groups excluding carboxylic acids is 2. The van der Waals surface area contributed by atoms with Crippen molar-refractivity contribution in [1.29, 1.82) is 0 Å². The van der Waals surface area contributed by atoms with E-state index in [1.165, 1.54) is 4.90 Å². The van der Waals surface area contributed by atoms with Crippen molar-refractivity contribution in [2.75, 3.05) is 32.8 Å². The smallest absolute Gasteiger partial charge is 0.229 e. The molecule has 1 rings (SSSR count). The summed E-state index contributed by atoms with van der Waals surface area (Å²) in [4.78, 5) is 26.1. The molecule has 1 aliphatic heterocycles. The predicted molar refractivity (Wildman–Crippen MR) is 59.8 cm³/mol. The molecular weight excluding hydrogens is 208 g/mol. The minimum Gasteiger partial charge on any atom is -0.395 e. The van der Waals surface area contributed by atoms with Gasteiger partial charge in [0, 0.05) is 32.5 Å². The van der Waals surface area contributed by atoms with Crippen molar-refractivity contribution < 1.29 is 14.7 Å². The topological polar surface area (TPSA) is 60.9 Å². The second-order valence-corrected chi connectivity index (χ2v) is 4.00. The summed E-state index contributed by atoms with van der Waals surface area (Å²) in [5.41, 5.74) is 0. The first-order chi connectivity index (χ1) is 7.69. The summed E-state index contributed by atoms with van der Waals surface area (Å²) in [5.74, 6) is -0.129. The first-order valence-electron chi connectivity index (χ1n) is 5.85. The summed E-state index contributed by atoms with van der Waals surface area (Å²) in [6.07, 6.45) is 1.71. The molecule has 1 fully saturated rings. The SMILES string of the molecule is CCCN(CCO)CCN1C(=O)CCC1=O. The van der Waals surface area contributed by atoms with Gasteiger partial charge in [0.2, 0.25) is 11.8 Å². The predicted octanol–water partition coefficient (Wildman–Crippen LogP) is -0.160. The van der Waals surface area contributed by atoms with E-state index in [0.29, 0.717) is 32.5 Å². The van der Waals surface area contributed by atoms with Gasteiger partial charge in [-0.3, -0.25) is 19.4 Å². The summed E-state index contributed by atoms with van der Waals surface area (Å²) >= 11 is 0. The summed E-state index contributed by atoms with van der Waals surface area (Å²) in [5, 5.41) is 8.87. The minimum absolute atomic E-state index is 0.0644. The van der Waals surface area contributed by atoms with Crippen LogP contribution in [0.3, 0.4) is 0 Å². The highest BCUT2D eigenvalue weighted by Gasteiger charge is 2.28. The Labute approximate surface area is 96.0 Å². The van der Waals surface area contributed by atoms with Gasteiger partial charge in [0.15, 0.2) is 0 Å². The molecule has 5 heteroatoms. The Morgan fingerprint density at radius 2 is 1.81 bits per heavy atom. The minimum atomic E-state index is -0.0644. The molecular formula is C11H20N2O3. The molecule has 0 aromatic rings. The molecule has 1 saturated heterocycles. The number of aliphatic hydroxyl groups is 1. The van der Waals surface area contributed by atoms with Crippen LogP contribution in [0.1, 0.15) is 26.2 Å². The van der Waals surface area contributed by atoms with Crippen LogP contribution in [0, 0.1) is 0 Å². The molecule has 0 bridgehead atoms. The average Bonchev–Trinajstić information content (AvgIpc) is 2.56. The third-order valence-corrected chi connectivity index (χ3v) is 2.75. The van der Waals surface area contributed by atoms with Crippen molar-refractivity contribution in [3.63, 3.8) is 0 Å². The highest BCUT2D eigenvalue weighted by molar-refractivity contribution is 6.01. The second-order valence-electron chi connectivity index (χ2n) is 4.00. The van der Waals surface area contributed by atoms with E-state index in [1.54, 1.807) is 0 Å². The van der Waals surface area contributed by atoms with E-state index in [9.17, 15) is 9.59 Å². The highest BCUT2D eigenvalue weighted by Crippen LogP contribution is 2.11. The van der Waals surface area contributed by atoms with Crippen molar-refractivity contribution in [2.24, 2.45) is 0 Å². The molecule has 0 radical (unpaired) electrons. The Bertz CT molecular complexity index is 234. The quantitative estimate of drug-likeness (QED) is 0.615. The Balaban J connectivity index is 2.35. The average molecular weight is 228 g/mol. The Kier molecular flexibility index (Phi) is 5.42. The molecule has 92 valence electrons. The third kappa shape index (κ3) is 3.57. The van der Waals surface area contributed by atoms with E-state index in [-0.39, 0.29) is 18.4 Å². The van der Waals surface area contributed by atoms with Crippen LogP contribution in [0.4, 0.5) is 0 Å². The van der Waals surface area contributed by atoms with Crippen LogP contribution in [0.15, 0.2) is 0 Å². The first kappa shape index (κ1) is 13.1. The second kappa shape index (κ2) is 6.60. The zero-order valence-corrected chi connectivity index (χ0v) is 9.81. The van der Waals surface area contributed by atoms with Gasteiger partial charge in [0.25, 0.3) is 0 Å². The van der Waals surface area contributed by atoms with Crippen LogP contribution in [0.2, 0.25) is 0 Å². The van der Waals surface area contributed by atoms with Gasteiger partial charge in [0.05, 0.1) is 6.61 Å². The van der Waals surface area contributed by atoms with E-state index < -0.39 is 0 Å². The standard InChI is InChI=1S/C11H20N2O3/c1-2-5-12(8-9-14)6-7-13-10(15)3-4-11(13)16/h14H,2-9H2,1H3. The van der Waals surface area contributed by atoms with E-state index in [0.717, 1.165) is 13.0 Å². The van der Waals surface area contributed by atoms with Gasteiger partial charge in [-0.2, -0.15) is 0 Å². The fourth-order valence-corrected chi connectivity index (χ4v) is 1.91. The van der Waals surface area contributed by atoms with Crippen LogP contribution in [-0.2, 0) is 9.59 Å². The monoisotopic (exact) mass is 228 g/mol. The number of carbonyl (C=O) groups is 2. The van der Waals surface area contributed by atoms with Crippen LogP contribution < -0.4 is 0 Å². The molecule has 1 N–H and O–H groups in total. The van der Waals surface area contributed by atoms with Gasteiger partial charge >= 0.3 is 0 Å². The molecule has 0 aromatic carbocycles. The lowest BCUT2D eigenvalue weighted by Crippen LogP contribution is -2.39. The molecule has 0 atom stereocenters. The number of hydrogen-bond donors (Lipinski definition) is 1. The van der Waals surface area contributed by atoms with Crippen LogP contribution in [0.25, 0.3) is 0 Å². The fraction of sp³-hybridized carbons (Fsp3) is 0.818. The zero-order chi connectivity index (χ0) is 12.0. The molecule has 1 aliphatic rings. The third-order valence-electron chi connectivity index (χ3n) is 2.75. The highest BCUT2D eigenvalue weighted by atomic mass is 16.3. The number of amides is 2. The Morgan fingerprint density at radius 1 is 1.19 bits per heavy atom. The van der Waals surface area contributed by atoms with E-state index in [1.807, 2.05) is 0 Å².